The van der Waals surface area contributed by atoms with E-state index >= 15 is 0 Å². The van der Waals surface area contributed by atoms with Crippen molar-refractivity contribution >= 4 is 17.7 Å². The number of allylic oxidation sites excluding steroid dienone is 2. The maximum Gasteiger partial charge on any atom is 0.326 e. The molecule has 0 aliphatic heterocycles. The van der Waals surface area contributed by atoms with Gasteiger partial charge in [0.05, 0.1) is 1.37 Å². The molecule has 1 fully saturated rings. The Hall–Kier alpha value is -1.65. The zero-order chi connectivity index (χ0) is 22.6. The molecule has 1 rings (SSSR count). The van der Waals surface area contributed by atoms with Crippen LogP contribution in [-0.4, -0.2) is 28.8 Å². The molecule has 1 aliphatic carbocycles. The first-order valence-corrected chi connectivity index (χ1v) is 7.94. The SMILES string of the molecule is [2H]/C(=C/C[C@H]1C(=O)CC[C@@H]1CC(=O)N[C@H](C(=O)O)[C@@H](C)CC)C([2H])([2H])C([2H])([2H])[2H]. The van der Waals surface area contributed by atoms with Gasteiger partial charge in [-0.2, -0.15) is 0 Å². The second-order valence-electron chi connectivity index (χ2n) is 6.05. The van der Waals surface area contributed by atoms with Gasteiger partial charge in [0.2, 0.25) is 5.91 Å². The molecule has 0 heterocycles. The van der Waals surface area contributed by atoms with Gasteiger partial charge in [0.1, 0.15) is 11.8 Å². The molecule has 0 unspecified atom stereocenters. The van der Waals surface area contributed by atoms with E-state index in [-0.39, 0.29) is 36.9 Å². The van der Waals surface area contributed by atoms with Crippen LogP contribution in [-0.2, 0) is 14.4 Å². The zero-order valence-electron chi connectivity index (χ0n) is 19.6. The van der Waals surface area contributed by atoms with E-state index in [9.17, 15) is 19.5 Å². The quantitative estimate of drug-likeness (QED) is 0.637. The first-order valence-electron chi connectivity index (χ1n) is 10.9. The Kier molecular flexibility index (Phi) is 4.87. The molecule has 130 valence electrons. The van der Waals surface area contributed by atoms with Crippen LogP contribution in [0.5, 0.6) is 0 Å². The number of ketones is 1. The summed E-state index contributed by atoms with van der Waals surface area (Å²) >= 11 is 0. The van der Waals surface area contributed by atoms with Crippen molar-refractivity contribution in [3.8, 4) is 0 Å². The number of Topliss-reactive ketones (excluding diaryl/α,β-unsaturated/α-hetero) is 1. The van der Waals surface area contributed by atoms with Crippen LogP contribution in [0.4, 0.5) is 0 Å². The summed E-state index contributed by atoms with van der Waals surface area (Å²) < 4.78 is 44.5. The molecule has 1 amide bonds. The summed E-state index contributed by atoms with van der Waals surface area (Å²) in [6, 6.07) is -1.74. The van der Waals surface area contributed by atoms with E-state index in [2.05, 4.69) is 5.32 Å². The van der Waals surface area contributed by atoms with E-state index in [1.165, 1.54) is 0 Å². The van der Waals surface area contributed by atoms with Crippen molar-refractivity contribution in [1.82, 2.24) is 5.32 Å². The minimum atomic E-state index is -3.00. The Bertz CT molecular complexity index is 661. The largest absolute Gasteiger partial charge is 0.480 e. The lowest BCUT2D eigenvalue weighted by atomic mass is 9.89. The molecule has 0 aromatic heterocycles. The van der Waals surface area contributed by atoms with Crippen LogP contribution in [0.1, 0.15) is 67.4 Å². The Morgan fingerprint density at radius 3 is 2.96 bits per heavy atom. The molecule has 5 nitrogen and oxygen atoms in total. The average molecular weight is 329 g/mol. The lowest BCUT2D eigenvalue weighted by molar-refractivity contribution is -0.143. The van der Waals surface area contributed by atoms with Gasteiger partial charge in [0, 0.05) is 25.6 Å². The number of carboxylic acids is 1. The Balaban J connectivity index is 2.83. The second-order valence-corrected chi connectivity index (χ2v) is 6.05. The summed E-state index contributed by atoms with van der Waals surface area (Å²) in [7, 11) is 0. The first-order chi connectivity index (χ1) is 13.2. The molecule has 0 bridgehead atoms. The van der Waals surface area contributed by atoms with Crippen molar-refractivity contribution in [1.29, 1.82) is 0 Å². The molecule has 0 aromatic rings. The van der Waals surface area contributed by atoms with E-state index in [0.717, 1.165) is 6.08 Å². The van der Waals surface area contributed by atoms with Gasteiger partial charge in [0.15, 0.2) is 0 Å². The summed E-state index contributed by atoms with van der Waals surface area (Å²) in [5.41, 5.74) is 0. The third-order valence-corrected chi connectivity index (χ3v) is 4.53. The van der Waals surface area contributed by atoms with Crippen LogP contribution in [0, 0.1) is 17.8 Å². The Morgan fingerprint density at radius 1 is 1.61 bits per heavy atom. The van der Waals surface area contributed by atoms with Gasteiger partial charge < -0.3 is 10.4 Å². The minimum Gasteiger partial charge on any atom is -0.480 e. The number of hydrogen-bond acceptors (Lipinski definition) is 3. The summed E-state index contributed by atoms with van der Waals surface area (Å²) in [5.74, 6) is -2.97. The van der Waals surface area contributed by atoms with Crippen molar-refractivity contribution < 1.29 is 27.7 Å². The number of aliphatic carboxylic acids is 1. The molecule has 0 aromatic carbocycles. The van der Waals surface area contributed by atoms with Gasteiger partial charge in [-0.05, 0) is 31.1 Å². The van der Waals surface area contributed by atoms with Crippen molar-refractivity contribution in [2.75, 3.05) is 0 Å². The fourth-order valence-electron chi connectivity index (χ4n) is 2.94. The zero-order valence-corrected chi connectivity index (χ0v) is 13.6. The summed E-state index contributed by atoms with van der Waals surface area (Å²) in [6.07, 6.45) is -0.556. The number of hydrogen-bond donors (Lipinski definition) is 2. The minimum absolute atomic E-state index is 0.0288. The molecule has 0 saturated heterocycles. The van der Waals surface area contributed by atoms with Crippen LogP contribution >= 0.6 is 0 Å². The van der Waals surface area contributed by atoms with E-state index in [0.29, 0.717) is 12.8 Å². The molecule has 2 N–H and O–H groups in total. The molecule has 23 heavy (non-hydrogen) atoms. The van der Waals surface area contributed by atoms with Crippen LogP contribution in [0.15, 0.2) is 12.1 Å². The third kappa shape index (κ3) is 5.81. The Morgan fingerprint density at radius 2 is 2.35 bits per heavy atom. The van der Waals surface area contributed by atoms with Crippen LogP contribution < -0.4 is 5.32 Å². The van der Waals surface area contributed by atoms with Gasteiger partial charge in [-0.15, -0.1) is 0 Å². The molecular formula is C18H29NO4. The highest BCUT2D eigenvalue weighted by molar-refractivity contribution is 5.87. The molecular weight excluding hydrogens is 294 g/mol. The van der Waals surface area contributed by atoms with Gasteiger partial charge in [-0.1, -0.05) is 39.2 Å². The monoisotopic (exact) mass is 329 g/mol. The maximum atomic E-state index is 12.3. The second kappa shape index (κ2) is 9.48. The van der Waals surface area contributed by atoms with Crippen LogP contribution in [0.3, 0.4) is 0 Å². The highest BCUT2D eigenvalue weighted by Crippen LogP contribution is 2.34. The lowest BCUT2D eigenvalue weighted by Crippen LogP contribution is -2.45. The molecule has 5 heteroatoms. The van der Waals surface area contributed by atoms with Crippen molar-refractivity contribution in [3.63, 3.8) is 0 Å². The molecule has 0 radical (unpaired) electrons. The van der Waals surface area contributed by atoms with E-state index in [4.69, 9.17) is 8.22 Å². The van der Waals surface area contributed by atoms with E-state index in [1.807, 2.05) is 6.92 Å². The number of carboxylic acid groups (broad SMARTS) is 1. The maximum absolute atomic E-state index is 12.3. The van der Waals surface area contributed by atoms with Gasteiger partial charge in [0.25, 0.3) is 0 Å². The average Bonchev–Trinajstić information content (AvgIpc) is 2.95. The van der Waals surface area contributed by atoms with Gasteiger partial charge in [-0.3, -0.25) is 9.59 Å². The van der Waals surface area contributed by atoms with Crippen LogP contribution in [0.25, 0.3) is 0 Å². The number of carbonyl (C=O) groups is 3. The van der Waals surface area contributed by atoms with E-state index in [1.54, 1.807) is 6.92 Å². The third-order valence-electron chi connectivity index (χ3n) is 4.53. The first kappa shape index (κ1) is 11.8. The highest BCUT2D eigenvalue weighted by Gasteiger charge is 2.35. The van der Waals surface area contributed by atoms with Crippen molar-refractivity contribution in [3.05, 3.63) is 12.1 Å². The smallest absolute Gasteiger partial charge is 0.326 e. The summed E-state index contributed by atoms with van der Waals surface area (Å²) in [6.45, 7) is 0.545. The topological polar surface area (TPSA) is 83.5 Å². The predicted octanol–water partition coefficient (Wildman–Crippen LogP) is 2.94. The fourth-order valence-corrected chi connectivity index (χ4v) is 2.94. The summed E-state index contributed by atoms with van der Waals surface area (Å²) in [5, 5.41) is 11.8. The number of nitrogens with one attached hydrogen (secondary N) is 1. The number of carbonyl (C=O) groups excluding carboxylic acids is 2. The predicted molar refractivity (Wildman–Crippen MR) is 88.9 cm³/mol. The number of amides is 1. The standard InChI is InChI=1S/C18H29NO4/c1-4-6-7-8-14-13(9-10-15(14)20)11-16(21)19-17(18(22)23)12(3)5-2/h6-7,12-14,17H,4-5,8-11H2,1-3H3,(H,19,21)(H,22,23)/b7-6-/t12-,13+,14+,17-/m0/s1/i1D3,4D2,6D. The fraction of sp³-hybridized carbons (Fsp3) is 0.722. The number of rotatable bonds is 9. The lowest BCUT2D eigenvalue weighted by Gasteiger charge is -2.22. The highest BCUT2D eigenvalue weighted by atomic mass is 16.4. The normalized spacial score (nSPS) is 29.3. The van der Waals surface area contributed by atoms with Crippen molar-refractivity contribution in [2.24, 2.45) is 17.8 Å². The van der Waals surface area contributed by atoms with Gasteiger partial charge in [-0.25, -0.2) is 4.79 Å². The molecule has 1 saturated carbocycles. The molecule has 0 spiro atoms. The van der Waals surface area contributed by atoms with Crippen molar-refractivity contribution in [2.45, 2.75) is 65.2 Å². The van der Waals surface area contributed by atoms with Gasteiger partial charge >= 0.3 is 5.97 Å². The van der Waals surface area contributed by atoms with E-state index < -0.39 is 43.1 Å². The molecule has 4 atom stereocenters. The van der Waals surface area contributed by atoms with Crippen LogP contribution in [0.2, 0.25) is 0 Å². The molecule has 1 aliphatic rings. The summed E-state index contributed by atoms with van der Waals surface area (Å²) in [4.78, 5) is 35.9. The Labute approximate surface area is 147 Å².